The number of esters is 2. The van der Waals surface area contributed by atoms with Crippen molar-refractivity contribution in [1.82, 2.24) is 0 Å². The van der Waals surface area contributed by atoms with Crippen molar-refractivity contribution in [2.24, 2.45) is 11.8 Å². The van der Waals surface area contributed by atoms with E-state index in [0.717, 1.165) is 70.1 Å². The molecule has 0 fully saturated rings. The van der Waals surface area contributed by atoms with Crippen LogP contribution < -0.4 is 19.3 Å². The average Bonchev–Trinajstić information content (AvgIpc) is 1.55. The first-order valence-corrected chi connectivity index (χ1v) is 51.4. The van der Waals surface area contributed by atoms with Gasteiger partial charge in [0, 0.05) is 62.5 Å². The van der Waals surface area contributed by atoms with Crippen molar-refractivity contribution in [2.45, 2.75) is 491 Å². The van der Waals surface area contributed by atoms with Gasteiger partial charge in [-0.3, -0.25) is 9.59 Å². The molecule has 660 valence electrons. The molecule has 0 spiro atoms. The Kier molecular flexibility index (Phi) is 49.2. The Bertz CT molecular complexity index is 3530. The maximum atomic E-state index is 16.2. The van der Waals surface area contributed by atoms with E-state index in [9.17, 15) is 9.59 Å². The number of amides is 2. The number of benzene rings is 4. The van der Waals surface area contributed by atoms with Crippen LogP contribution in [0.25, 0.3) is 43.8 Å². The molecule has 0 saturated carbocycles. The van der Waals surface area contributed by atoms with Crippen molar-refractivity contribution in [3.8, 4) is 11.5 Å². The molecule has 4 aromatic rings. The number of fused-ring (bicyclic) bond motifs is 10. The first-order valence-electron chi connectivity index (χ1n) is 51.4. The molecule has 0 saturated heterocycles. The van der Waals surface area contributed by atoms with Crippen molar-refractivity contribution >= 4 is 79.0 Å². The topological polar surface area (TPSA) is 93.2 Å². The number of hydrogen-bond acceptors (Lipinski definition) is 6. The van der Waals surface area contributed by atoms with Gasteiger partial charge in [-0.15, -0.1) is 0 Å². The molecule has 4 aliphatic rings. The van der Waals surface area contributed by atoms with Crippen molar-refractivity contribution in [2.75, 3.05) is 22.9 Å². The minimum absolute atomic E-state index is 0.0931. The lowest BCUT2D eigenvalue weighted by atomic mass is 9.90. The molecule has 4 aliphatic heterocycles. The van der Waals surface area contributed by atoms with E-state index in [2.05, 4.69) is 77.3 Å². The van der Waals surface area contributed by atoms with Gasteiger partial charge in [0.25, 0.3) is 11.8 Å². The second-order valence-electron chi connectivity index (χ2n) is 38.0. The number of hydrogen-bond donors (Lipinski definition) is 0. The van der Waals surface area contributed by atoms with Gasteiger partial charge < -0.3 is 19.3 Å². The van der Waals surface area contributed by atoms with Gasteiger partial charge in [0.1, 0.15) is 11.5 Å². The fourth-order valence-electron chi connectivity index (χ4n) is 20.4. The second kappa shape index (κ2) is 59.3. The highest BCUT2D eigenvalue weighted by Crippen LogP contribution is 2.54. The summed E-state index contributed by atoms with van der Waals surface area (Å²) in [6, 6.07) is 16.1. The molecule has 0 N–H and O–H groups in total. The summed E-state index contributed by atoms with van der Waals surface area (Å²) < 4.78 is 12.1. The van der Waals surface area contributed by atoms with Crippen molar-refractivity contribution in [1.29, 1.82) is 0 Å². The van der Waals surface area contributed by atoms with Gasteiger partial charge in [-0.2, -0.15) is 0 Å². The monoisotopic (exact) mass is 1620 g/mol. The average molecular weight is 1620 g/mol. The molecule has 2 amide bonds. The van der Waals surface area contributed by atoms with Crippen LogP contribution >= 0.6 is 0 Å². The van der Waals surface area contributed by atoms with Crippen LogP contribution in [0.15, 0.2) is 60.7 Å². The standard InChI is InChI=1S/C110H174N2O6/c1-8-12-16-20-24-28-32-36-40-44-48-52-56-60-64-68-72-90(73-69-65-61-57-53-49-45-41-37-33-29-25-21-17-13-9-2)84-86-111-103-93-78-82-98-101(102-99-83-80-95-96(106(99)118-110(102)116)79-76-92-89(7)109(115)117-105(92)95)108(114)112(104(98)94(93)77-81-97(103)100(88(5)6)107(111)113)87-85-91(74-70-66-62-58-54-50-46-42-38-34-30-26-22-18-14-10-3)75-71-67-63-59-55-51-47-43-39-35-31-27-23-19-15-11-4/h76-83,90-91H,7-75,84-87H2,1-6H3/b102-101+. The number of carbonyl (C=O) groups excluding carboxylic acids is 4. The summed E-state index contributed by atoms with van der Waals surface area (Å²) in [5.74, 6) is 0.667. The van der Waals surface area contributed by atoms with Crippen LogP contribution in [-0.2, 0) is 19.2 Å². The number of nitrogens with zero attached hydrogens (tertiary/aromatic N) is 2. The molecular formula is C110H174N2O6. The van der Waals surface area contributed by atoms with E-state index in [0.29, 0.717) is 69.5 Å². The quantitative estimate of drug-likeness (QED) is 0.0189. The lowest BCUT2D eigenvalue weighted by Crippen LogP contribution is -2.30. The largest absolute Gasteiger partial charge is 0.422 e. The molecule has 8 heteroatoms. The first kappa shape index (κ1) is 97.9. The van der Waals surface area contributed by atoms with E-state index >= 15 is 9.59 Å². The molecule has 0 radical (unpaired) electrons. The highest BCUT2D eigenvalue weighted by Gasteiger charge is 2.44. The minimum atomic E-state index is -0.557. The highest BCUT2D eigenvalue weighted by atomic mass is 16.5. The van der Waals surface area contributed by atoms with Gasteiger partial charge in [-0.25, -0.2) is 9.59 Å². The summed E-state index contributed by atoms with van der Waals surface area (Å²) in [6.45, 7) is 18.6. The molecule has 8 rings (SSSR count). The third kappa shape index (κ3) is 33.0. The Morgan fingerprint density at radius 1 is 0.271 bits per heavy atom. The molecular weight excluding hydrogens is 1450 g/mol. The van der Waals surface area contributed by atoms with Crippen LogP contribution in [-0.4, -0.2) is 36.8 Å². The zero-order chi connectivity index (χ0) is 83.4. The number of allylic oxidation sites excluding steroid dienone is 1. The van der Waals surface area contributed by atoms with Crippen LogP contribution in [0.1, 0.15) is 513 Å². The summed E-state index contributed by atoms with van der Waals surface area (Å²) in [5, 5.41) is 3.23. The van der Waals surface area contributed by atoms with E-state index < -0.39 is 11.9 Å². The fraction of sp³-hybridized carbons (Fsp3) is 0.727. The highest BCUT2D eigenvalue weighted by molar-refractivity contribution is 6.48. The van der Waals surface area contributed by atoms with Crippen LogP contribution in [0.2, 0.25) is 0 Å². The maximum Gasteiger partial charge on any atom is 0.345 e. The Morgan fingerprint density at radius 2 is 0.517 bits per heavy atom. The predicted molar refractivity (Wildman–Crippen MR) is 511 cm³/mol. The fourth-order valence-corrected chi connectivity index (χ4v) is 20.4. The van der Waals surface area contributed by atoms with Crippen LogP contribution in [0.3, 0.4) is 0 Å². The summed E-state index contributed by atoms with van der Waals surface area (Å²) in [5.41, 5.74) is 7.49. The summed E-state index contributed by atoms with van der Waals surface area (Å²) in [4.78, 5) is 63.6. The lowest BCUT2D eigenvalue weighted by molar-refractivity contribution is -0.127. The third-order valence-electron chi connectivity index (χ3n) is 27.8. The molecule has 0 aliphatic carbocycles. The SMILES string of the molecule is C=C1C(=O)Oc2c1ccc1c3c(ccc21)/C(=C1\C(=O)N(CCC(CCCCCCCCCCCCCCCCCC)CCCCCCCCCCCCCCCCCC)c2c1ccc1c4c(ccc21)C(=C(C)C)C(=O)N4CCC(CCCCCCCCCCCCCCCCCC)CCCCCCCCCCCCCCCCCC)C(=O)O3. The normalized spacial score (nSPS) is 14.5. The Labute approximate surface area is 723 Å². The Hall–Kier alpha value is -5.50. The van der Waals surface area contributed by atoms with E-state index in [1.54, 1.807) is 0 Å². The second-order valence-corrected chi connectivity index (χ2v) is 38.0. The number of rotatable bonds is 74. The van der Waals surface area contributed by atoms with Gasteiger partial charge in [-0.1, -0.05) is 501 Å². The Morgan fingerprint density at radius 3 is 0.831 bits per heavy atom. The summed E-state index contributed by atoms with van der Waals surface area (Å²) >= 11 is 0. The number of anilines is 2. The van der Waals surface area contributed by atoms with Gasteiger partial charge in [-0.05, 0) is 62.8 Å². The van der Waals surface area contributed by atoms with Gasteiger partial charge in [0.2, 0.25) is 0 Å². The Balaban J connectivity index is 0.992. The first-order chi connectivity index (χ1) is 58.0. The molecule has 4 aromatic carbocycles. The zero-order valence-corrected chi connectivity index (χ0v) is 77.2. The van der Waals surface area contributed by atoms with Gasteiger partial charge >= 0.3 is 11.9 Å². The molecule has 0 atom stereocenters. The van der Waals surface area contributed by atoms with Crippen LogP contribution in [0.5, 0.6) is 11.5 Å². The van der Waals surface area contributed by atoms with E-state index in [1.807, 2.05) is 29.2 Å². The van der Waals surface area contributed by atoms with Crippen LogP contribution in [0, 0.1) is 11.8 Å². The molecule has 0 bridgehead atoms. The zero-order valence-electron chi connectivity index (χ0n) is 77.2. The summed E-state index contributed by atoms with van der Waals surface area (Å²) in [7, 11) is 0. The molecule has 0 unspecified atom stereocenters. The number of ether oxygens (including phenoxy) is 2. The molecule has 0 aromatic heterocycles. The van der Waals surface area contributed by atoms with E-state index in [4.69, 9.17) is 9.47 Å². The lowest BCUT2D eigenvalue weighted by Gasteiger charge is -2.25. The van der Waals surface area contributed by atoms with E-state index in [-0.39, 0.29) is 17.4 Å². The van der Waals surface area contributed by atoms with Gasteiger partial charge in [0.15, 0.2) is 0 Å². The molecule has 4 heterocycles. The maximum absolute atomic E-state index is 16.2. The summed E-state index contributed by atoms with van der Waals surface area (Å²) in [6.07, 6.45) is 93.9. The van der Waals surface area contributed by atoms with E-state index in [1.165, 1.54) is 424 Å². The van der Waals surface area contributed by atoms with Gasteiger partial charge in [0.05, 0.1) is 28.1 Å². The van der Waals surface area contributed by atoms with Crippen molar-refractivity contribution in [3.63, 3.8) is 0 Å². The number of unbranched alkanes of at least 4 members (excludes halogenated alkanes) is 60. The molecule has 118 heavy (non-hydrogen) atoms. The predicted octanol–water partition coefficient (Wildman–Crippen LogP) is 34.9. The van der Waals surface area contributed by atoms with Crippen LogP contribution in [0.4, 0.5) is 11.4 Å². The number of carbonyl (C=O) groups is 4. The van der Waals surface area contributed by atoms with Crippen molar-refractivity contribution < 1.29 is 28.7 Å². The molecule has 8 nitrogen and oxygen atoms in total. The smallest absolute Gasteiger partial charge is 0.345 e. The third-order valence-corrected chi connectivity index (χ3v) is 27.8. The van der Waals surface area contributed by atoms with Crippen molar-refractivity contribution in [3.05, 3.63) is 82.9 Å². The minimum Gasteiger partial charge on any atom is -0.422 e.